The molecular formula is C16H17Cl2NO2S. The lowest BCUT2D eigenvalue weighted by Gasteiger charge is -2.10. The van der Waals surface area contributed by atoms with Gasteiger partial charge in [0, 0.05) is 16.6 Å². The van der Waals surface area contributed by atoms with Gasteiger partial charge in [-0.1, -0.05) is 47.0 Å². The molecule has 0 spiro atoms. The molecule has 1 N–H and O–H groups in total. The number of aryl methyl sites for hydroxylation is 2. The van der Waals surface area contributed by atoms with E-state index in [1.54, 1.807) is 37.3 Å². The van der Waals surface area contributed by atoms with E-state index in [0.717, 1.165) is 16.7 Å². The van der Waals surface area contributed by atoms with Gasteiger partial charge in [0.05, 0.1) is 4.90 Å². The molecule has 0 saturated heterocycles. The molecule has 22 heavy (non-hydrogen) atoms. The SMILES string of the molecule is Cc1ccc(S(=O)(=O)NCCc2ccc(Cl)cc2Cl)c(C)c1. The largest absolute Gasteiger partial charge is 0.240 e. The van der Waals surface area contributed by atoms with Gasteiger partial charge in [0.15, 0.2) is 0 Å². The maximum Gasteiger partial charge on any atom is 0.240 e. The molecule has 0 heterocycles. The molecule has 0 atom stereocenters. The number of rotatable bonds is 5. The van der Waals surface area contributed by atoms with Crippen molar-refractivity contribution in [3.05, 3.63) is 63.1 Å². The highest BCUT2D eigenvalue weighted by atomic mass is 35.5. The zero-order chi connectivity index (χ0) is 16.3. The van der Waals surface area contributed by atoms with E-state index in [2.05, 4.69) is 4.72 Å². The second-order valence-corrected chi connectivity index (χ2v) is 7.73. The van der Waals surface area contributed by atoms with E-state index in [1.807, 2.05) is 13.0 Å². The first-order chi connectivity index (χ1) is 10.3. The van der Waals surface area contributed by atoms with E-state index in [-0.39, 0.29) is 6.54 Å². The number of sulfonamides is 1. The summed E-state index contributed by atoms with van der Waals surface area (Å²) in [4.78, 5) is 0.306. The fraction of sp³-hybridized carbons (Fsp3) is 0.250. The van der Waals surface area contributed by atoms with Crippen LogP contribution in [0, 0.1) is 13.8 Å². The summed E-state index contributed by atoms with van der Waals surface area (Å²) in [6, 6.07) is 10.5. The standard InChI is InChI=1S/C16H17Cl2NO2S/c1-11-3-6-16(12(2)9-11)22(20,21)19-8-7-13-4-5-14(17)10-15(13)18/h3-6,9-10,19H,7-8H2,1-2H3. The lowest BCUT2D eigenvalue weighted by atomic mass is 10.1. The third-order valence-corrected chi connectivity index (χ3v) is 5.53. The van der Waals surface area contributed by atoms with Gasteiger partial charge in [-0.25, -0.2) is 13.1 Å². The Bertz CT molecular complexity index is 789. The van der Waals surface area contributed by atoms with Crippen molar-refractivity contribution in [3.63, 3.8) is 0 Å². The van der Waals surface area contributed by atoms with Gasteiger partial charge >= 0.3 is 0 Å². The quantitative estimate of drug-likeness (QED) is 0.874. The molecule has 0 amide bonds. The van der Waals surface area contributed by atoms with E-state index < -0.39 is 10.0 Å². The van der Waals surface area contributed by atoms with Gasteiger partial charge in [-0.15, -0.1) is 0 Å². The molecule has 0 fully saturated rings. The Labute approximate surface area is 141 Å². The summed E-state index contributed by atoms with van der Waals surface area (Å²) in [5.41, 5.74) is 2.62. The molecule has 2 aromatic carbocycles. The molecule has 0 radical (unpaired) electrons. The molecular weight excluding hydrogens is 341 g/mol. The van der Waals surface area contributed by atoms with Crippen molar-refractivity contribution in [2.75, 3.05) is 6.54 Å². The van der Waals surface area contributed by atoms with Gasteiger partial charge in [-0.3, -0.25) is 0 Å². The van der Waals surface area contributed by atoms with Crippen LogP contribution in [-0.2, 0) is 16.4 Å². The van der Waals surface area contributed by atoms with Crippen LogP contribution in [0.5, 0.6) is 0 Å². The molecule has 118 valence electrons. The molecule has 0 aliphatic rings. The third kappa shape index (κ3) is 4.23. The van der Waals surface area contributed by atoms with Gasteiger partial charge < -0.3 is 0 Å². The molecule has 0 aromatic heterocycles. The smallest absolute Gasteiger partial charge is 0.211 e. The van der Waals surface area contributed by atoms with Crippen molar-refractivity contribution in [3.8, 4) is 0 Å². The Balaban J connectivity index is 2.07. The number of benzene rings is 2. The van der Waals surface area contributed by atoms with E-state index in [4.69, 9.17) is 23.2 Å². The highest BCUT2D eigenvalue weighted by Gasteiger charge is 2.16. The fourth-order valence-electron chi connectivity index (χ4n) is 2.22. The van der Waals surface area contributed by atoms with Gasteiger partial charge in [0.25, 0.3) is 0 Å². The van der Waals surface area contributed by atoms with Gasteiger partial charge in [-0.05, 0) is 49.6 Å². The molecule has 2 rings (SSSR count). The highest BCUT2D eigenvalue weighted by molar-refractivity contribution is 7.89. The summed E-state index contributed by atoms with van der Waals surface area (Å²) < 4.78 is 27.3. The van der Waals surface area contributed by atoms with Crippen molar-refractivity contribution >= 4 is 33.2 Å². The molecule has 0 aliphatic heterocycles. The van der Waals surface area contributed by atoms with Gasteiger partial charge in [0.1, 0.15) is 0 Å². The van der Waals surface area contributed by atoms with Crippen LogP contribution in [-0.4, -0.2) is 15.0 Å². The average molecular weight is 358 g/mol. The molecule has 6 heteroatoms. The predicted octanol–water partition coefficient (Wildman–Crippen LogP) is 4.13. The maximum atomic E-state index is 12.3. The zero-order valence-corrected chi connectivity index (χ0v) is 14.7. The number of hydrogen-bond acceptors (Lipinski definition) is 2. The first-order valence-electron chi connectivity index (χ1n) is 6.80. The van der Waals surface area contributed by atoms with Crippen LogP contribution >= 0.6 is 23.2 Å². The van der Waals surface area contributed by atoms with E-state index >= 15 is 0 Å². The molecule has 0 unspecified atom stereocenters. The lowest BCUT2D eigenvalue weighted by Crippen LogP contribution is -2.26. The minimum atomic E-state index is -3.52. The Morgan fingerprint density at radius 1 is 1.05 bits per heavy atom. The summed E-state index contributed by atoms with van der Waals surface area (Å²) in [6.45, 7) is 3.99. The van der Waals surface area contributed by atoms with Crippen molar-refractivity contribution in [2.45, 2.75) is 25.2 Å². The van der Waals surface area contributed by atoms with Crippen LogP contribution in [0.1, 0.15) is 16.7 Å². The van der Waals surface area contributed by atoms with Crippen LogP contribution < -0.4 is 4.72 Å². The number of nitrogens with one attached hydrogen (secondary N) is 1. The summed E-state index contributed by atoms with van der Waals surface area (Å²) in [5.74, 6) is 0. The predicted molar refractivity (Wildman–Crippen MR) is 91.3 cm³/mol. The zero-order valence-electron chi connectivity index (χ0n) is 12.4. The molecule has 0 saturated carbocycles. The van der Waals surface area contributed by atoms with Gasteiger partial charge in [-0.2, -0.15) is 0 Å². The second kappa shape index (κ2) is 7.01. The lowest BCUT2D eigenvalue weighted by molar-refractivity contribution is 0.581. The van der Waals surface area contributed by atoms with Crippen LogP contribution in [0.15, 0.2) is 41.3 Å². The summed E-state index contributed by atoms with van der Waals surface area (Å²) in [6.07, 6.45) is 0.500. The molecule has 2 aromatic rings. The first-order valence-corrected chi connectivity index (χ1v) is 9.04. The van der Waals surface area contributed by atoms with Crippen molar-refractivity contribution in [1.29, 1.82) is 0 Å². The normalized spacial score (nSPS) is 11.6. The molecule has 0 aliphatic carbocycles. The minimum absolute atomic E-state index is 0.275. The van der Waals surface area contributed by atoms with Crippen molar-refractivity contribution in [2.24, 2.45) is 0 Å². The Kier molecular flexibility index (Phi) is 5.50. The summed E-state index contributed by atoms with van der Waals surface area (Å²) in [5, 5.41) is 1.10. The number of hydrogen-bond donors (Lipinski definition) is 1. The second-order valence-electron chi connectivity index (χ2n) is 5.15. The van der Waals surface area contributed by atoms with Crippen LogP contribution in [0.2, 0.25) is 10.0 Å². The summed E-state index contributed by atoms with van der Waals surface area (Å²) in [7, 11) is -3.52. The fourth-order valence-corrected chi connectivity index (χ4v) is 3.98. The maximum absolute atomic E-state index is 12.3. The van der Waals surface area contributed by atoms with Gasteiger partial charge in [0.2, 0.25) is 10.0 Å². The average Bonchev–Trinajstić information content (AvgIpc) is 2.40. The number of halogens is 2. The monoisotopic (exact) mass is 357 g/mol. The van der Waals surface area contributed by atoms with Crippen LogP contribution in [0.4, 0.5) is 0 Å². The molecule has 0 bridgehead atoms. The Morgan fingerprint density at radius 2 is 1.77 bits per heavy atom. The van der Waals surface area contributed by atoms with E-state index in [0.29, 0.717) is 21.4 Å². The highest BCUT2D eigenvalue weighted by Crippen LogP contribution is 2.21. The van der Waals surface area contributed by atoms with Crippen molar-refractivity contribution < 1.29 is 8.42 Å². The van der Waals surface area contributed by atoms with E-state index in [1.165, 1.54) is 0 Å². The first kappa shape index (κ1) is 17.3. The van der Waals surface area contributed by atoms with Crippen molar-refractivity contribution in [1.82, 2.24) is 4.72 Å². The van der Waals surface area contributed by atoms with Crippen LogP contribution in [0.3, 0.4) is 0 Å². The molecule has 3 nitrogen and oxygen atoms in total. The van der Waals surface area contributed by atoms with E-state index in [9.17, 15) is 8.42 Å². The topological polar surface area (TPSA) is 46.2 Å². The van der Waals surface area contributed by atoms with Crippen LogP contribution in [0.25, 0.3) is 0 Å². The minimum Gasteiger partial charge on any atom is -0.211 e. The summed E-state index contributed by atoms with van der Waals surface area (Å²) >= 11 is 11.9. The Hall–Kier alpha value is -1.07. The Morgan fingerprint density at radius 3 is 2.41 bits per heavy atom. The third-order valence-electron chi connectivity index (χ3n) is 3.32.